The molecule has 0 bridgehead atoms. The van der Waals surface area contributed by atoms with Gasteiger partial charge in [0.05, 0.1) is 6.61 Å². The molecule has 1 fully saturated rings. The van der Waals surface area contributed by atoms with E-state index in [1.807, 2.05) is 0 Å². The van der Waals surface area contributed by atoms with Crippen LogP contribution in [-0.2, 0) is 4.74 Å². The summed E-state index contributed by atoms with van der Waals surface area (Å²) in [6.45, 7) is 8.69. The van der Waals surface area contributed by atoms with Gasteiger partial charge in [0.25, 0.3) is 0 Å². The van der Waals surface area contributed by atoms with Crippen LogP contribution >= 0.6 is 0 Å². The molecule has 1 aliphatic rings. The monoisotopic (exact) mass is 277 g/mol. The van der Waals surface area contributed by atoms with E-state index in [1.54, 1.807) is 0 Å². The Labute approximate surface area is 122 Å². The van der Waals surface area contributed by atoms with Gasteiger partial charge in [-0.3, -0.25) is 0 Å². The molecule has 3 heteroatoms. The zero-order valence-electron chi connectivity index (χ0n) is 12.9. The molecule has 1 aliphatic carbocycles. The maximum atomic E-state index is 5.81. The fourth-order valence-corrected chi connectivity index (χ4v) is 2.21. The highest BCUT2D eigenvalue weighted by Gasteiger charge is 2.21. The van der Waals surface area contributed by atoms with E-state index in [4.69, 9.17) is 9.47 Å². The van der Waals surface area contributed by atoms with Crippen LogP contribution in [0.5, 0.6) is 5.75 Å². The molecule has 0 radical (unpaired) electrons. The molecular weight excluding hydrogens is 250 g/mol. The molecule has 0 heterocycles. The van der Waals surface area contributed by atoms with Crippen LogP contribution in [0.3, 0.4) is 0 Å². The van der Waals surface area contributed by atoms with Crippen molar-refractivity contribution in [2.45, 2.75) is 46.1 Å². The molecule has 20 heavy (non-hydrogen) atoms. The molecule has 1 unspecified atom stereocenters. The summed E-state index contributed by atoms with van der Waals surface area (Å²) in [6, 6.07) is 6.64. The van der Waals surface area contributed by atoms with Crippen molar-refractivity contribution in [1.82, 2.24) is 5.32 Å². The van der Waals surface area contributed by atoms with Gasteiger partial charge in [0.2, 0.25) is 0 Å². The van der Waals surface area contributed by atoms with Gasteiger partial charge in [-0.25, -0.2) is 0 Å². The normalized spacial score (nSPS) is 16.1. The van der Waals surface area contributed by atoms with Crippen LogP contribution in [-0.4, -0.2) is 19.9 Å². The first-order valence-electron chi connectivity index (χ1n) is 7.75. The van der Waals surface area contributed by atoms with Crippen LogP contribution in [0.25, 0.3) is 0 Å². The summed E-state index contributed by atoms with van der Waals surface area (Å²) >= 11 is 0. The maximum absolute atomic E-state index is 5.81. The molecule has 2 rings (SSSR count). The smallest absolute Gasteiger partial charge is 0.189 e. The van der Waals surface area contributed by atoms with Gasteiger partial charge >= 0.3 is 0 Å². The van der Waals surface area contributed by atoms with E-state index in [-0.39, 0.29) is 0 Å². The standard InChI is InChI=1S/C17H27NO2/c1-4-9-18-14(3)16-10-13(2)5-8-17(16)20-12-19-11-15-6-7-15/h5,8,10,14-15,18H,4,6-7,9,11-12H2,1-3H3. The molecule has 1 saturated carbocycles. The number of hydrogen-bond acceptors (Lipinski definition) is 3. The third-order valence-corrected chi connectivity index (χ3v) is 3.68. The summed E-state index contributed by atoms with van der Waals surface area (Å²) in [5.41, 5.74) is 2.48. The molecule has 1 N–H and O–H groups in total. The maximum Gasteiger partial charge on any atom is 0.189 e. The van der Waals surface area contributed by atoms with Crippen molar-refractivity contribution < 1.29 is 9.47 Å². The van der Waals surface area contributed by atoms with Crippen LogP contribution in [0.15, 0.2) is 18.2 Å². The lowest BCUT2D eigenvalue weighted by Gasteiger charge is -2.19. The highest BCUT2D eigenvalue weighted by atomic mass is 16.7. The van der Waals surface area contributed by atoms with E-state index < -0.39 is 0 Å². The van der Waals surface area contributed by atoms with E-state index in [2.05, 4.69) is 44.3 Å². The van der Waals surface area contributed by atoms with Crippen LogP contribution in [0, 0.1) is 12.8 Å². The third kappa shape index (κ3) is 4.80. The van der Waals surface area contributed by atoms with E-state index >= 15 is 0 Å². The molecule has 0 aliphatic heterocycles. The third-order valence-electron chi connectivity index (χ3n) is 3.68. The summed E-state index contributed by atoms with van der Waals surface area (Å²) in [7, 11) is 0. The molecular formula is C17H27NO2. The van der Waals surface area contributed by atoms with E-state index in [1.165, 1.54) is 24.0 Å². The van der Waals surface area contributed by atoms with Crippen molar-refractivity contribution in [1.29, 1.82) is 0 Å². The SMILES string of the molecule is CCCNC(C)c1cc(C)ccc1OCOCC1CC1. The Morgan fingerprint density at radius 2 is 2.15 bits per heavy atom. The fraction of sp³-hybridized carbons (Fsp3) is 0.647. The molecule has 0 spiro atoms. The summed E-state index contributed by atoms with van der Waals surface area (Å²) in [6.07, 6.45) is 3.76. The van der Waals surface area contributed by atoms with Gasteiger partial charge < -0.3 is 14.8 Å². The van der Waals surface area contributed by atoms with Gasteiger partial charge in [0.1, 0.15) is 5.75 Å². The number of aryl methyl sites for hydroxylation is 1. The van der Waals surface area contributed by atoms with Gasteiger partial charge in [0, 0.05) is 11.6 Å². The Kier molecular flexibility index (Phi) is 5.86. The first-order chi connectivity index (χ1) is 9.70. The van der Waals surface area contributed by atoms with E-state index in [9.17, 15) is 0 Å². The topological polar surface area (TPSA) is 30.5 Å². The highest BCUT2D eigenvalue weighted by Crippen LogP contribution is 2.29. The van der Waals surface area contributed by atoms with Crippen LogP contribution < -0.4 is 10.1 Å². The number of rotatable bonds is 9. The van der Waals surface area contributed by atoms with E-state index in [0.29, 0.717) is 12.8 Å². The van der Waals surface area contributed by atoms with Crippen LogP contribution in [0.2, 0.25) is 0 Å². The Hall–Kier alpha value is -1.06. The molecule has 1 aromatic carbocycles. The van der Waals surface area contributed by atoms with Crippen LogP contribution in [0.4, 0.5) is 0 Å². The number of nitrogens with one attached hydrogen (secondary N) is 1. The predicted molar refractivity (Wildman–Crippen MR) is 82.1 cm³/mol. The molecule has 3 nitrogen and oxygen atoms in total. The molecule has 112 valence electrons. The van der Waals surface area contributed by atoms with Gasteiger partial charge in [-0.05, 0) is 51.6 Å². The minimum Gasteiger partial charge on any atom is -0.467 e. The lowest BCUT2D eigenvalue weighted by atomic mass is 10.0. The van der Waals surface area contributed by atoms with Gasteiger partial charge in [-0.15, -0.1) is 0 Å². The first kappa shape index (κ1) is 15.3. The Morgan fingerprint density at radius 3 is 2.85 bits per heavy atom. The van der Waals surface area contributed by atoms with E-state index in [0.717, 1.165) is 31.2 Å². The molecule has 0 saturated heterocycles. The molecule has 1 atom stereocenters. The second-order valence-corrected chi connectivity index (χ2v) is 5.79. The molecule has 0 aromatic heterocycles. The van der Waals surface area contributed by atoms with Crippen molar-refractivity contribution in [3.05, 3.63) is 29.3 Å². The average Bonchev–Trinajstić information content (AvgIpc) is 3.26. The molecule has 1 aromatic rings. The average molecular weight is 277 g/mol. The van der Waals surface area contributed by atoms with Gasteiger partial charge in [0.15, 0.2) is 6.79 Å². The minimum atomic E-state index is 0.299. The Morgan fingerprint density at radius 1 is 1.35 bits per heavy atom. The zero-order chi connectivity index (χ0) is 14.4. The first-order valence-corrected chi connectivity index (χ1v) is 7.75. The largest absolute Gasteiger partial charge is 0.467 e. The Bertz CT molecular complexity index is 415. The van der Waals surface area contributed by atoms with Crippen molar-refractivity contribution in [3.8, 4) is 5.75 Å². The predicted octanol–water partition coefficient (Wildman–Crippen LogP) is 3.82. The van der Waals surface area contributed by atoms with Gasteiger partial charge in [-0.1, -0.05) is 24.6 Å². The number of benzene rings is 1. The van der Waals surface area contributed by atoms with Gasteiger partial charge in [-0.2, -0.15) is 0 Å². The summed E-state index contributed by atoms with van der Waals surface area (Å²) in [5, 5.41) is 3.51. The van der Waals surface area contributed by atoms with Crippen molar-refractivity contribution in [2.24, 2.45) is 5.92 Å². The lowest BCUT2D eigenvalue weighted by molar-refractivity contribution is 0.00923. The van der Waals surface area contributed by atoms with Crippen molar-refractivity contribution in [3.63, 3.8) is 0 Å². The highest BCUT2D eigenvalue weighted by molar-refractivity contribution is 5.38. The number of hydrogen-bond donors (Lipinski definition) is 1. The van der Waals surface area contributed by atoms with Crippen molar-refractivity contribution >= 4 is 0 Å². The zero-order valence-corrected chi connectivity index (χ0v) is 12.9. The second-order valence-electron chi connectivity index (χ2n) is 5.79. The lowest BCUT2D eigenvalue weighted by Crippen LogP contribution is -2.20. The van der Waals surface area contributed by atoms with Crippen molar-refractivity contribution in [2.75, 3.05) is 19.9 Å². The number of ether oxygens (including phenoxy) is 2. The Balaban J connectivity index is 1.90. The summed E-state index contributed by atoms with van der Waals surface area (Å²) < 4.78 is 11.4. The fourth-order valence-electron chi connectivity index (χ4n) is 2.21. The summed E-state index contributed by atoms with van der Waals surface area (Å²) in [4.78, 5) is 0. The molecule has 0 amide bonds. The summed E-state index contributed by atoms with van der Waals surface area (Å²) in [5.74, 6) is 1.71. The second kappa shape index (κ2) is 7.65. The quantitative estimate of drug-likeness (QED) is 0.550. The van der Waals surface area contributed by atoms with Crippen LogP contribution in [0.1, 0.15) is 50.3 Å². The minimum absolute atomic E-state index is 0.299.